The van der Waals surface area contributed by atoms with E-state index in [4.69, 9.17) is 4.74 Å². The maximum atomic E-state index is 13.9. The highest BCUT2D eigenvalue weighted by atomic mass is 32.2. The maximum Gasteiger partial charge on any atom is 0.254 e. The average Bonchev–Trinajstić information content (AvgIpc) is 2.55. The molecule has 0 aromatic heterocycles. The summed E-state index contributed by atoms with van der Waals surface area (Å²) in [6.07, 6.45) is 0. The lowest BCUT2D eigenvalue weighted by atomic mass is 10.2. The van der Waals surface area contributed by atoms with E-state index in [0.29, 0.717) is 0 Å². The number of ether oxygens (including phenoxy) is 1. The fraction of sp³-hybridized carbons (Fsp3) is 0.188. The molecule has 1 N–H and O–H groups in total. The maximum absolute atomic E-state index is 13.9. The van der Waals surface area contributed by atoms with E-state index in [0.717, 1.165) is 0 Å². The molecule has 1 unspecified atom stereocenters. The van der Waals surface area contributed by atoms with Gasteiger partial charge in [0.05, 0.1) is 28.4 Å². The van der Waals surface area contributed by atoms with Crippen molar-refractivity contribution in [3.63, 3.8) is 0 Å². The molecule has 0 fully saturated rings. The summed E-state index contributed by atoms with van der Waals surface area (Å²) >= 11 is 0. The third kappa shape index (κ3) is 4.13. The van der Waals surface area contributed by atoms with Crippen LogP contribution < -0.4 is 10.1 Å². The first-order valence-electron chi connectivity index (χ1n) is 6.78. The van der Waals surface area contributed by atoms with E-state index in [9.17, 15) is 17.8 Å². The Hall–Kier alpha value is -2.28. The lowest BCUT2D eigenvalue weighted by Gasteiger charge is -2.08. The van der Waals surface area contributed by atoms with Gasteiger partial charge in [0.25, 0.3) is 5.91 Å². The number of carbonyl (C=O) groups is 1. The third-order valence-corrected chi connectivity index (χ3v) is 4.48. The Morgan fingerprint density at radius 2 is 1.91 bits per heavy atom. The quantitative estimate of drug-likeness (QED) is 0.880. The minimum Gasteiger partial charge on any atom is -0.494 e. The second-order valence-electron chi connectivity index (χ2n) is 4.56. The number of methoxy groups -OCH3 is 1. The van der Waals surface area contributed by atoms with Crippen LogP contribution in [-0.4, -0.2) is 29.5 Å². The third-order valence-electron chi connectivity index (χ3n) is 3.08. The van der Waals surface area contributed by atoms with Crippen molar-refractivity contribution in [3.8, 4) is 5.75 Å². The summed E-state index contributed by atoms with van der Waals surface area (Å²) in [5, 5.41) is 2.46. The standard InChI is InChI=1S/C16H15F2NO3S/c1-22-13-7-4-5-11(15(13)18)16(20)19-9-10-23(21)14-8-3-2-6-12(14)17/h2-8H,9-10H2,1H3,(H,19,20). The highest BCUT2D eigenvalue weighted by Crippen LogP contribution is 2.19. The summed E-state index contributed by atoms with van der Waals surface area (Å²) in [4.78, 5) is 12.0. The summed E-state index contributed by atoms with van der Waals surface area (Å²) in [5.74, 6) is -1.98. The first-order valence-corrected chi connectivity index (χ1v) is 8.10. The molecule has 0 saturated carbocycles. The molecule has 122 valence electrons. The van der Waals surface area contributed by atoms with Gasteiger partial charge in [-0.1, -0.05) is 18.2 Å². The first kappa shape index (κ1) is 17.1. The number of halogens is 2. The van der Waals surface area contributed by atoms with Crippen LogP contribution in [-0.2, 0) is 10.8 Å². The van der Waals surface area contributed by atoms with Gasteiger partial charge in [-0.25, -0.2) is 8.78 Å². The molecule has 2 aromatic rings. The number of benzene rings is 2. The smallest absolute Gasteiger partial charge is 0.254 e. The SMILES string of the molecule is COc1cccc(C(=O)NCCS(=O)c2ccccc2F)c1F. The first-order chi connectivity index (χ1) is 11.0. The molecule has 7 heteroatoms. The molecule has 0 saturated heterocycles. The minimum absolute atomic E-state index is 0.0242. The molecular formula is C16H15F2NO3S. The zero-order valence-electron chi connectivity index (χ0n) is 12.3. The molecule has 0 bridgehead atoms. The summed E-state index contributed by atoms with van der Waals surface area (Å²) in [6.45, 7) is 0.0242. The van der Waals surface area contributed by atoms with Gasteiger partial charge in [-0.3, -0.25) is 9.00 Å². The number of hydrogen-bond donors (Lipinski definition) is 1. The molecule has 1 atom stereocenters. The monoisotopic (exact) mass is 339 g/mol. The van der Waals surface area contributed by atoms with Gasteiger partial charge in [-0.05, 0) is 24.3 Å². The predicted molar refractivity (Wildman–Crippen MR) is 83.0 cm³/mol. The van der Waals surface area contributed by atoms with Crippen LogP contribution in [0.25, 0.3) is 0 Å². The Labute approximate surface area is 134 Å². The van der Waals surface area contributed by atoms with Gasteiger partial charge < -0.3 is 10.1 Å². The highest BCUT2D eigenvalue weighted by Gasteiger charge is 2.16. The van der Waals surface area contributed by atoms with Crippen molar-refractivity contribution >= 4 is 16.7 Å². The van der Waals surface area contributed by atoms with Gasteiger partial charge in [0.15, 0.2) is 11.6 Å². The Bertz CT molecular complexity index is 737. The van der Waals surface area contributed by atoms with Crippen molar-refractivity contribution in [1.82, 2.24) is 5.32 Å². The number of rotatable bonds is 6. The molecule has 23 heavy (non-hydrogen) atoms. The molecule has 0 aliphatic heterocycles. The van der Waals surface area contributed by atoms with E-state index in [2.05, 4.69) is 5.32 Å². The van der Waals surface area contributed by atoms with E-state index in [1.807, 2.05) is 0 Å². The predicted octanol–water partition coefficient (Wildman–Crippen LogP) is 2.51. The second-order valence-corrected chi connectivity index (χ2v) is 6.10. The molecule has 2 aromatic carbocycles. The van der Waals surface area contributed by atoms with Crippen LogP contribution >= 0.6 is 0 Å². The van der Waals surface area contributed by atoms with Crippen molar-refractivity contribution in [1.29, 1.82) is 0 Å². The van der Waals surface area contributed by atoms with Crippen LogP contribution in [0.2, 0.25) is 0 Å². The fourth-order valence-corrected chi connectivity index (χ4v) is 2.96. The van der Waals surface area contributed by atoms with Crippen LogP contribution in [0.15, 0.2) is 47.4 Å². The highest BCUT2D eigenvalue weighted by molar-refractivity contribution is 7.85. The van der Waals surface area contributed by atoms with Crippen molar-refractivity contribution < 1.29 is 22.5 Å². The molecule has 0 aliphatic rings. The van der Waals surface area contributed by atoms with Crippen LogP contribution in [0.4, 0.5) is 8.78 Å². The fourth-order valence-electron chi connectivity index (χ4n) is 1.94. The molecule has 1 amide bonds. The minimum atomic E-state index is -1.59. The lowest BCUT2D eigenvalue weighted by Crippen LogP contribution is -2.28. The Morgan fingerprint density at radius 3 is 2.61 bits per heavy atom. The largest absolute Gasteiger partial charge is 0.494 e. The normalized spacial score (nSPS) is 11.8. The molecule has 2 rings (SSSR count). The second kappa shape index (κ2) is 7.82. The average molecular weight is 339 g/mol. The molecule has 0 radical (unpaired) electrons. The number of amides is 1. The Morgan fingerprint density at radius 1 is 1.17 bits per heavy atom. The van der Waals surface area contributed by atoms with E-state index in [1.165, 1.54) is 43.5 Å². The van der Waals surface area contributed by atoms with Gasteiger partial charge in [0.1, 0.15) is 5.82 Å². The molecular weight excluding hydrogens is 324 g/mol. The Balaban J connectivity index is 1.95. The number of hydrogen-bond acceptors (Lipinski definition) is 3. The number of nitrogens with one attached hydrogen (secondary N) is 1. The summed E-state index contributed by atoms with van der Waals surface area (Å²) in [5.41, 5.74) is -0.166. The van der Waals surface area contributed by atoms with Crippen molar-refractivity contribution in [2.45, 2.75) is 4.90 Å². The van der Waals surface area contributed by atoms with Gasteiger partial charge in [0, 0.05) is 12.3 Å². The summed E-state index contributed by atoms with van der Waals surface area (Å²) < 4.78 is 44.2. The Kier molecular flexibility index (Phi) is 5.81. The molecule has 4 nitrogen and oxygen atoms in total. The topological polar surface area (TPSA) is 55.4 Å². The lowest BCUT2D eigenvalue weighted by molar-refractivity contribution is 0.0951. The zero-order chi connectivity index (χ0) is 16.8. The molecule has 0 heterocycles. The van der Waals surface area contributed by atoms with Crippen LogP contribution in [0.5, 0.6) is 5.75 Å². The van der Waals surface area contributed by atoms with Crippen LogP contribution in [0, 0.1) is 11.6 Å². The van der Waals surface area contributed by atoms with Crippen molar-refractivity contribution in [2.75, 3.05) is 19.4 Å². The van der Waals surface area contributed by atoms with Gasteiger partial charge in [-0.15, -0.1) is 0 Å². The van der Waals surface area contributed by atoms with Gasteiger partial charge in [0.2, 0.25) is 0 Å². The van der Waals surface area contributed by atoms with Crippen LogP contribution in [0.3, 0.4) is 0 Å². The summed E-state index contributed by atoms with van der Waals surface area (Å²) in [7, 11) is -0.284. The van der Waals surface area contributed by atoms with E-state index in [1.54, 1.807) is 6.07 Å². The van der Waals surface area contributed by atoms with Crippen molar-refractivity contribution in [2.24, 2.45) is 0 Å². The van der Waals surface area contributed by atoms with Crippen molar-refractivity contribution in [3.05, 3.63) is 59.7 Å². The van der Waals surface area contributed by atoms with Crippen LogP contribution in [0.1, 0.15) is 10.4 Å². The van der Waals surface area contributed by atoms with E-state index < -0.39 is 28.3 Å². The molecule has 0 aliphatic carbocycles. The van der Waals surface area contributed by atoms with Gasteiger partial charge >= 0.3 is 0 Å². The van der Waals surface area contributed by atoms with E-state index >= 15 is 0 Å². The van der Waals surface area contributed by atoms with E-state index in [-0.39, 0.29) is 28.5 Å². The summed E-state index contributed by atoms with van der Waals surface area (Å²) in [6, 6.07) is 9.95. The zero-order valence-corrected chi connectivity index (χ0v) is 13.2. The number of carbonyl (C=O) groups excluding carboxylic acids is 1. The van der Waals surface area contributed by atoms with Gasteiger partial charge in [-0.2, -0.15) is 0 Å². The molecule has 0 spiro atoms.